The van der Waals surface area contributed by atoms with Crippen molar-refractivity contribution in [3.63, 3.8) is 0 Å². The number of halogens is 5. The highest BCUT2D eigenvalue weighted by Crippen LogP contribution is 2.33. The molecule has 122 valence electrons. The van der Waals surface area contributed by atoms with E-state index in [0.717, 1.165) is 18.2 Å². The third kappa shape index (κ3) is 4.59. The number of carbonyl (C=O) groups excluding carboxylic acids is 1. The summed E-state index contributed by atoms with van der Waals surface area (Å²) >= 11 is 5.77. The Morgan fingerprint density at radius 1 is 1.09 bits per heavy atom. The van der Waals surface area contributed by atoms with Crippen LogP contribution in [-0.4, -0.2) is 12.5 Å². The summed E-state index contributed by atoms with van der Waals surface area (Å²) in [5.74, 6) is -1.20. The van der Waals surface area contributed by atoms with Crippen molar-refractivity contribution in [2.45, 2.75) is 6.18 Å². The fourth-order valence-electron chi connectivity index (χ4n) is 1.77. The number of para-hydroxylation sites is 1. The Balaban J connectivity index is 2.04. The minimum absolute atomic E-state index is 0.0303. The molecule has 0 aliphatic heterocycles. The summed E-state index contributed by atoms with van der Waals surface area (Å²) in [5.41, 5.74) is -0.987. The lowest BCUT2D eigenvalue weighted by molar-refractivity contribution is -0.137. The number of alkyl halides is 3. The zero-order chi connectivity index (χ0) is 17.0. The van der Waals surface area contributed by atoms with Gasteiger partial charge >= 0.3 is 6.18 Å². The normalized spacial score (nSPS) is 11.2. The van der Waals surface area contributed by atoms with E-state index in [-0.39, 0.29) is 22.9 Å². The van der Waals surface area contributed by atoms with E-state index in [9.17, 15) is 22.4 Å². The van der Waals surface area contributed by atoms with Crippen LogP contribution in [0.15, 0.2) is 42.5 Å². The lowest BCUT2D eigenvalue weighted by Gasteiger charge is -2.12. The van der Waals surface area contributed by atoms with Gasteiger partial charge in [-0.25, -0.2) is 4.39 Å². The number of carbonyl (C=O) groups is 1. The summed E-state index contributed by atoms with van der Waals surface area (Å²) in [4.78, 5) is 11.8. The molecule has 0 saturated heterocycles. The van der Waals surface area contributed by atoms with Crippen molar-refractivity contribution in [1.29, 1.82) is 0 Å². The van der Waals surface area contributed by atoms with Crippen LogP contribution in [-0.2, 0) is 11.0 Å². The smallest absolute Gasteiger partial charge is 0.374 e. The summed E-state index contributed by atoms with van der Waals surface area (Å²) in [6.07, 6.45) is -4.55. The van der Waals surface area contributed by atoms with E-state index in [1.807, 2.05) is 0 Å². The van der Waals surface area contributed by atoms with Crippen molar-refractivity contribution in [1.82, 2.24) is 0 Å². The Morgan fingerprint density at radius 3 is 2.43 bits per heavy atom. The van der Waals surface area contributed by atoms with Crippen molar-refractivity contribution < 1.29 is 22.4 Å². The van der Waals surface area contributed by atoms with Gasteiger partial charge in [0.2, 0.25) is 5.91 Å². The molecule has 2 aromatic carbocycles. The first-order valence-corrected chi connectivity index (χ1v) is 6.80. The highest BCUT2D eigenvalue weighted by molar-refractivity contribution is 6.33. The predicted octanol–water partition coefficient (Wildman–Crippen LogP) is 4.55. The lowest BCUT2D eigenvalue weighted by Crippen LogP contribution is -2.22. The van der Waals surface area contributed by atoms with Crippen LogP contribution in [0.4, 0.5) is 28.9 Å². The van der Waals surface area contributed by atoms with Crippen LogP contribution >= 0.6 is 11.6 Å². The summed E-state index contributed by atoms with van der Waals surface area (Å²) in [6.45, 7) is -0.326. The van der Waals surface area contributed by atoms with Crippen LogP contribution in [0.2, 0.25) is 5.02 Å². The average molecular weight is 347 g/mol. The summed E-state index contributed by atoms with van der Waals surface area (Å²) < 4.78 is 51.3. The second kappa shape index (κ2) is 6.87. The maximum Gasteiger partial charge on any atom is 0.416 e. The first-order valence-electron chi connectivity index (χ1n) is 6.42. The number of amides is 1. The van der Waals surface area contributed by atoms with E-state index in [1.165, 1.54) is 18.2 Å². The molecule has 3 nitrogen and oxygen atoms in total. The first kappa shape index (κ1) is 17.1. The minimum Gasteiger partial charge on any atom is -0.374 e. The molecule has 1 amide bonds. The minimum atomic E-state index is -4.55. The van der Waals surface area contributed by atoms with Gasteiger partial charge in [-0.1, -0.05) is 23.7 Å². The summed E-state index contributed by atoms with van der Waals surface area (Å²) in [7, 11) is 0. The van der Waals surface area contributed by atoms with Crippen molar-refractivity contribution in [3.05, 3.63) is 58.9 Å². The van der Waals surface area contributed by atoms with Crippen molar-refractivity contribution in [2.75, 3.05) is 17.2 Å². The molecule has 0 bridgehead atoms. The topological polar surface area (TPSA) is 41.1 Å². The van der Waals surface area contributed by atoms with Crippen molar-refractivity contribution >= 4 is 28.9 Å². The molecule has 8 heteroatoms. The van der Waals surface area contributed by atoms with Gasteiger partial charge in [-0.2, -0.15) is 13.2 Å². The van der Waals surface area contributed by atoms with Crippen LogP contribution in [0.25, 0.3) is 0 Å². The molecule has 2 N–H and O–H groups in total. The van der Waals surface area contributed by atoms with Crippen LogP contribution < -0.4 is 10.6 Å². The predicted molar refractivity (Wildman–Crippen MR) is 80.0 cm³/mol. The maximum absolute atomic E-state index is 13.4. The Kier molecular flexibility index (Phi) is 5.10. The second-order valence-corrected chi connectivity index (χ2v) is 4.98. The molecule has 0 aliphatic carbocycles. The Bertz CT molecular complexity index is 719. The summed E-state index contributed by atoms with van der Waals surface area (Å²) in [5, 5.41) is 4.77. The van der Waals surface area contributed by atoms with Gasteiger partial charge in [0.1, 0.15) is 5.82 Å². The van der Waals surface area contributed by atoms with Gasteiger partial charge in [-0.3, -0.25) is 4.79 Å². The van der Waals surface area contributed by atoms with E-state index >= 15 is 0 Å². The van der Waals surface area contributed by atoms with Gasteiger partial charge in [0.05, 0.1) is 28.5 Å². The number of rotatable bonds is 4. The van der Waals surface area contributed by atoms with Gasteiger partial charge in [-0.15, -0.1) is 0 Å². The van der Waals surface area contributed by atoms with Gasteiger partial charge in [-0.05, 0) is 30.3 Å². The van der Waals surface area contributed by atoms with Crippen LogP contribution in [0, 0.1) is 5.82 Å². The number of hydrogen-bond donors (Lipinski definition) is 2. The molecule has 23 heavy (non-hydrogen) atoms. The van der Waals surface area contributed by atoms with Crippen LogP contribution in [0.1, 0.15) is 5.56 Å². The largest absolute Gasteiger partial charge is 0.416 e. The Morgan fingerprint density at radius 2 is 1.78 bits per heavy atom. The summed E-state index contributed by atoms with van der Waals surface area (Å²) in [6, 6.07) is 8.31. The SMILES string of the molecule is O=C(CNc1ccccc1F)Nc1cc(C(F)(F)F)ccc1Cl. The van der Waals surface area contributed by atoms with E-state index in [0.29, 0.717) is 0 Å². The zero-order valence-electron chi connectivity index (χ0n) is 11.5. The molecule has 0 saturated carbocycles. The molecule has 2 aromatic rings. The average Bonchev–Trinajstić information content (AvgIpc) is 2.47. The van der Waals surface area contributed by atoms with Gasteiger partial charge in [0.15, 0.2) is 0 Å². The van der Waals surface area contributed by atoms with Gasteiger partial charge in [0, 0.05) is 0 Å². The molecule has 2 rings (SSSR count). The number of hydrogen-bond acceptors (Lipinski definition) is 2. The fourth-order valence-corrected chi connectivity index (χ4v) is 1.94. The molecule has 0 aliphatic rings. The lowest BCUT2D eigenvalue weighted by atomic mass is 10.2. The van der Waals surface area contributed by atoms with Crippen LogP contribution in [0.5, 0.6) is 0 Å². The standard InChI is InChI=1S/C15H11ClF4N2O/c16-10-6-5-9(15(18,19)20)7-13(10)22-14(23)8-21-12-4-2-1-3-11(12)17/h1-7,21H,8H2,(H,22,23). The van der Waals surface area contributed by atoms with Crippen LogP contribution in [0.3, 0.4) is 0 Å². The number of nitrogens with one attached hydrogen (secondary N) is 2. The zero-order valence-corrected chi connectivity index (χ0v) is 12.3. The van der Waals surface area contributed by atoms with E-state index in [1.54, 1.807) is 6.07 Å². The number of anilines is 2. The molecule has 0 fully saturated rings. The molecule has 0 spiro atoms. The van der Waals surface area contributed by atoms with Gasteiger partial charge < -0.3 is 10.6 Å². The third-order valence-corrected chi connectivity index (χ3v) is 3.21. The highest BCUT2D eigenvalue weighted by atomic mass is 35.5. The first-order chi connectivity index (χ1) is 10.8. The molecular weight excluding hydrogens is 336 g/mol. The highest BCUT2D eigenvalue weighted by Gasteiger charge is 2.31. The molecule has 0 heterocycles. The van der Waals surface area contributed by atoms with E-state index in [2.05, 4.69) is 10.6 Å². The quantitative estimate of drug-likeness (QED) is 0.797. The number of benzene rings is 2. The fraction of sp³-hybridized carbons (Fsp3) is 0.133. The maximum atomic E-state index is 13.4. The van der Waals surface area contributed by atoms with E-state index in [4.69, 9.17) is 11.6 Å². The molecule has 0 aromatic heterocycles. The van der Waals surface area contributed by atoms with Crippen molar-refractivity contribution in [3.8, 4) is 0 Å². The van der Waals surface area contributed by atoms with E-state index < -0.39 is 23.5 Å². The third-order valence-electron chi connectivity index (χ3n) is 2.88. The molecule has 0 unspecified atom stereocenters. The molecule has 0 atom stereocenters. The molecule has 0 radical (unpaired) electrons. The second-order valence-electron chi connectivity index (χ2n) is 4.57. The molecular formula is C15H11ClF4N2O. The van der Waals surface area contributed by atoms with Gasteiger partial charge in [0.25, 0.3) is 0 Å². The Labute approximate surface area is 134 Å². The Hall–Kier alpha value is -2.28. The van der Waals surface area contributed by atoms with Crippen molar-refractivity contribution in [2.24, 2.45) is 0 Å². The monoisotopic (exact) mass is 346 g/mol.